The number of pyridine rings is 1. The van der Waals surface area contributed by atoms with E-state index in [1.54, 1.807) is 34.9 Å². The van der Waals surface area contributed by atoms with E-state index < -0.39 is 0 Å². The Morgan fingerprint density at radius 1 is 1.30 bits per heavy atom. The Hall–Kier alpha value is -1.48. The van der Waals surface area contributed by atoms with E-state index in [1.807, 2.05) is 18.2 Å². The van der Waals surface area contributed by atoms with E-state index in [2.05, 4.69) is 30.9 Å². The van der Waals surface area contributed by atoms with Crippen molar-refractivity contribution in [2.75, 3.05) is 0 Å². The molecule has 0 aliphatic carbocycles. The molecule has 3 rings (SSSR count). The number of rotatable bonds is 1. The summed E-state index contributed by atoms with van der Waals surface area (Å²) >= 11 is 5.21. The lowest BCUT2D eigenvalue weighted by atomic mass is 10.1. The van der Waals surface area contributed by atoms with Gasteiger partial charge in [0.25, 0.3) is 5.56 Å². The molecule has 1 aromatic carbocycles. The van der Waals surface area contributed by atoms with E-state index in [-0.39, 0.29) is 15.0 Å². The molecule has 0 aliphatic rings. The molecule has 0 bridgehead atoms. The zero-order chi connectivity index (χ0) is 14.3. The van der Waals surface area contributed by atoms with Crippen LogP contribution in [0, 0.1) is 3.57 Å². The van der Waals surface area contributed by atoms with Crippen LogP contribution >= 0.6 is 38.5 Å². The van der Waals surface area contributed by atoms with Gasteiger partial charge >= 0.3 is 0 Å². The quantitative estimate of drug-likeness (QED) is 0.566. The lowest BCUT2D eigenvalue weighted by Crippen LogP contribution is -2.12. The minimum absolute atomic E-state index is 0.167. The van der Waals surface area contributed by atoms with Gasteiger partial charge in [-0.2, -0.15) is 4.98 Å². The van der Waals surface area contributed by atoms with Crippen molar-refractivity contribution in [3.05, 3.63) is 48.9 Å². The Labute approximate surface area is 135 Å². The summed E-state index contributed by atoms with van der Waals surface area (Å²) in [5, 5.41) is 10.6. The first kappa shape index (κ1) is 13.5. The molecule has 0 unspecified atom stereocenters. The topological polar surface area (TPSA) is 78.9 Å². The number of hydrogen-bond acceptors (Lipinski definition) is 4. The van der Waals surface area contributed by atoms with Crippen molar-refractivity contribution in [1.82, 2.24) is 15.0 Å². The lowest BCUT2D eigenvalue weighted by molar-refractivity contribution is 0.447. The molecule has 0 saturated heterocycles. The van der Waals surface area contributed by atoms with E-state index >= 15 is 0 Å². The highest BCUT2D eigenvalue weighted by molar-refractivity contribution is 14.1. The molecule has 0 atom stereocenters. The fourth-order valence-corrected chi connectivity index (χ4v) is 2.61. The second kappa shape index (κ2) is 5.13. The van der Waals surface area contributed by atoms with E-state index in [9.17, 15) is 9.90 Å². The summed E-state index contributed by atoms with van der Waals surface area (Å²) in [6.45, 7) is 0. The normalized spacial score (nSPS) is 10.9. The van der Waals surface area contributed by atoms with Crippen molar-refractivity contribution in [1.29, 1.82) is 0 Å². The molecule has 7 heteroatoms. The number of aromatic hydroxyl groups is 1. The van der Waals surface area contributed by atoms with E-state index in [4.69, 9.17) is 0 Å². The van der Waals surface area contributed by atoms with Gasteiger partial charge in [0.05, 0.1) is 5.52 Å². The van der Waals surface area contributed by atoms with Crippen LogP contribution in [-0.4, -0.2) is 20.1 Å². The van der Waals surface area contributed by atoms with Gasteiger partial charge in [-0.3, -0.25) is 9.78 Å². The molecule has 3 aromatic rings. The largest absolute Gasteiger partial charge is 0.492 e. The molecule has 0 aliphatic heterocycles. The van der Waals surface area contributed by atoms with Gasteiger partial charge in [-0.1, -0.05) is 22.0 Å². The van der Waals surface area contributed by atoms with Crippen LogP contribution in [0.3, 0.4) is 0 Å². The van der Waals surface area contributed by atoms with Gasteiger partial charge in [0.15, 0.2) is 0 Å². The van der Waals surface area contributed by atoms with Crippen LogP contribution in [0.5, 0.6) is 5.88 Å². The number of aromatic amines is 1. The standard InChI is InChI=1S/C13H7BrIN3O2/c14-8-4-3-7(10-6(8)2-1-5-16-10)11-17-12(19)9(15)13(20)18-11/h1-5H,(H2,17,18,19,20). The summed E-state index contributed by atoms with van der Waals surface area (Å²) in [5.74, 6) is 0.0143. The molecule has 0 fully saturated rings. The summed E-state index contributed by atoms with van der Waals surface area (Å²) in [4.78, 5) is 22.7. The number of nitrogens with zero attached hydrogens (tertiary/aromatic N) is 2. The molecule has 0 amide bonds. The summed E-state index contributed by atoms with van der Waals surface area (Å²) in [6, 6.07) is 7.40. The number of aromatic nitrogens is 3. The van der Waals surface area contributed by atoms with Crippen LogP contribution in [0.25, 0.3) is 22.3 Å². The molecule has 20 heavy (non-hydrogen) atoms. The van der Waals surface area contributed by atoms with E-state index in [1.165, 1.54) is 0 Å². The molecular weight excluding hydrogens is 437 g/mol. The van der Waals surface area contributed by atoms with Gasteiger partial charge in [0, 0.05) is 21.6 Å². The molecule has 2 aromatic heterocycles. The third kappa shape index (κ3) is 2.20. The monoisotopic (exact) mass is 443 g/mol. The zero-order valence-electron chi connectivity index (χ0n) is 9.89. The number of hydrogen-bond donors (Lipinski definition) is 2. The highest BCUT2D eigenvalue weighted by Gasteiger charge is 2.13. The van der Waals surface area contributed by atoms with Gasteiger partial charge in [-0.25, -0.2) is 0 Å². The van der Waals surface area contributed by atoms with Crippen LogP contribution in [0.15, 0.2) is 39.7 Å². The molecule has 2 N–H and O–H groups in total. The van der Waals surface area contributed by atoms with Crippen molar-refractivity contribution in [2.45, 2.75) is 0 Å². The van der Waals surface area contributed by atoms with Crippen molar-refractivity contribution in [3.8, 4) is 17.3 Å². The minimum atomic E-state index is -0.375. The van der Waals surface area contributed by atoms with E-state index in [0.717, 1.165) is 9.86 Å². The van der Waals surface area contributed by atoms with Gasteiger partial charge < -0.3 is 10.1 Å². The van der Waals surface area contributed by atoms with Crippen molar-refractivity contribution < 1.29 is 5.11 Å². The van der Waals surface area contributed by atoms with Crippen molar-refractivity contribution in [3.63, 3.8) is 0 Å². The molecule has 0 spiro atoms. The predicted octanol–water partition coefficient (Wildman–Crippen LogP) is 3.06. The molecule has 100 valence electrons. The Kier molecular flexibility index (Phi) is 3.47. The third-order valence-electron chi connectivity index (χ3n) is 2.82. The Morgan fingerprint density at radius 2 is 2.10 bits per heavy atom. The maximum Gasteiger partial charge on any atom is 0.268 e. The summed E-state index contributed by atoms with van der Waals surface area (Å²) in [6.07, 6.45) is 1.67. The van der Waals surface area contributed by atoms with Crippen molar-refractivity contribution in [2.24, 2.45) is 0 Å². The van der Waals surface area contributed by atoms with Crippen LogP contribution in [0.2, 0.25) is 0 Å². The maximum atomic E-state index is 11.7. The second-order valence-electron chi connectivity index (χ2n) is 4.05. The number of nitrogens with one attached hydrogen (secondary N) is 1. The Bertz CT molecular complexity index is 879. The molecule has 2 heterocycles. The third-order valence-corrected chi connectivity index (χ3v) is 4.48. The van der Waals surface area contributed by atoms with Gasteiger partial charge in [-0.05, 0) is 40.8 Å². The van der Waals surface area contributed by atoms with Crippen LogP contribution in [0.4, 0.5) is 0 Å². The Morgan fingerprint density at radius 3 is 2.85 bits per heavy atom. The summed E-state index contributed by atoms with van der Waals surface area (Å²) in [5.41, 5.74) is 0.985. The number of halogens is 2. The SMILES string of the molecule is O=c1[nH]c(-c2ccc(Br)c3cccnc23)nc(O)c1I. The summed E-state index contributed by atoms with van der Waals surface area (Å²) < 4.78 is 1.07. The fourth-order valence-electron chi connectivity index (χ4n) is 1.90. The average Bonchev–Trinajstić information content (AvgIpc) is 2.45. The molecular formula is C13H7BrIN3O2. The smallest absolute Gasteiger partial charge is 0.268 e. The first-order chi connectivity index (χ1) is 9.58. The first-order valence-electron chi connectivity index (χ1n) is 5.60. The second-order valence-corrected chi connectivity index (χ2v) is 5.98. The fraction of sp³-hybridized carbons (Fsp3) is 0. The van der Waals surface area contributed by atoms with E-state index in [0.29, 0.717) is 16.9 Å². The number of benzene rings is 1. The van der Waals surface area contributed by atoms with Gasteiger partial charge in [-0.15, -0.1) is 0 Å². The number of fused-ring (bicyclic) bond motifs is 1. The summed E-state index contributed by atoms with van der Waals surface area (Å²) in [7, 11) is 0. The molecule has 0 saturated carbocycles. The van der Waals surface area contributed by atoms with Crippen LogP contribution < -0.4 is 5.56 Å². The highest BCUT2D eigenvalue weighted by Crippen LogP contribution is 2.30. The van der Waals surface area contributed by atoms with Crippen molar-refractivity contribution >= 4 is 49.4 Å². The molecule has 5 nitrogen and oxygen atoms in total. The van der Waals surface area contributed by atoms with Crippen LogP contribution in [0.1, 0.15) is 0 Å². The van der Waals surface area contributed by atoms with Gasteiger partial charge in [0.2, 0.25) is 5.88 Å². The average molecular weight is 444 g/mol. The first-order valence-corrected chi connectivity index (χ1v) is 7.47. The number of H-pyrrole nitrogens is 1. The van der Waals surface area contributed by atoms with Crippen LogP contribution in [-0.2, 0) is 0 Å². The maximum absolute atomic E-state index is 11.7. The zero-order valence-corrected chi connectivity index (χ0v) is 13.6. The highest BCUT2D eigenvalue weighted by atomic mass is 127. The Balaban J connectivity index is 2.36. The minimum Gasteiger partial charge on any atom is -0.492 e. The predicted molar refractivity (Wildman–Crippen MR) is 87.7 cm³/mol. The van der Waals surface area contributed by atoms with Gasteiger partial charge in [0.1, 0.15) is 9.39 Å². The molecule has 0 radical (unpaired) electrons. The lowest BCUT2D eigenvalue weighted by Gasteiger charge is -2.07.